The number of hydrogen-bond acceptors (Lipinski definition) is 6. The molecular formula is C19H20N6O2. The van der Waals surface area contributed by atoms with Gasteiger partial charge in [-0.1, -0.05) is 0 Å². The van der Waals surface area contributed by atoms with Crippen molar-refractivity contribution in [3.8, 4) is 11.4 Å². The third-order valence-corrected chi connectivity index (χ3v) is 4.97. The normalized spacial score (nSPS) is 14.1. The van der Waals surface area contributed by atoms with Crippen molar-refractivity contribution in [2.75, 3.05) is 6.54 Å². The standard InChI is InChI=1S/C19H20N6O2/c1-11-16(23-12(2)17(11)19(26)27)9-25-4-3-15-14(8-25)7-22-18(24-15)13-5-20-10-21-6-13/h5-7,10,23H,3-4,8-9H2,1-2H3,(H,26,27). The van der Waals surface area contributed by atoms with Crippen molar-refractivity contribution in [2.45, 2.75) is 33.4 Å². The zero-order valence-corrected chi connectivity index (χ0v) is 15.2. The molecule has 2 N–H and O–H groups in total. The second-order valence-electron chi connectivity index (χ2n) is 6.79. The zero-order chi connectivity index (χ0) is 19.0. The number of rotatable bonds is 4. The van der Waals surface area contributed by atoms with E-state index in [4.69, 9.17) is 0 Å². The van der Waals surface area contributed by atoms with Crippen LogP contribution in [0, 0.1) is 13.8 Å². The summed E-state index contributed by atoms with van der Waals surface area (Å²) >= 11 is 0. The highest BCUT2D eigenvalue weighted by Gasteiger charge is 2.22. The van der Waals surface area contributed by atoms with Gasteiger partial charge in [0.25, 0.3) is 0 Å². The maximum atomic E-state index is 11.4. The van der Waals surface area contributed by atoms with E-state index in [-0.39, 0.29) is 0 Å². The SMILES string of the molecule is Cc1[nH]c(CN2CCc3nc(-c4cncnc4)ncc3C2)c(C)c1C(=O)O. The fourth-order valence-corrected chi connectivity index (χ4v) is 3.58. The Balaban J connectivity index is 1.53. The molecule has 0 radical (unpaired) electrons. The lowest BCUT2D eigenvalue weighted by Crippen LogP contribution is -2.31. The molecule has 0 saturated carbocycles. The van der Waals surface area contributed by atoms with Gasteiger partial charge in [-0.05, 0) is 19.4 Å². The van der Waals surface area contributed by atoms with Crippen molar-refractivity contribution in [1.82, 2.24) is 29.8 Å². The summed E-state index contributed by atoms with van der Waals surface area (Å²) in [6.07, 6.45) is 7.59. The smallest absolute Gasteiger partial charge is 0.337 e. The van der Waals surface area contributed by atoms with Gasteiger partial charge >= 0.3 is 5.97 Å². The van der Waals surface area contributed by atoms with E-state index in [1.807, 2.05) is 13.1 Å². The molecular weight excluding hydrogens is 344 g/mol. The average molecular weight is 364 g/mol. The molecule has 3 aromatic heterocycles. The van der Waals surface area contributed by atoms with Crippen molar-refractivity contribution < 1.29 is 9.90 Å². The summed E-state index contributed by atoms with van der Waals surface area (Å²) in [6, 6.07) is 0. The number of carboxylic acid groups (broad SMARTS) is 1. The summed E-state index contributed by atoms with van der Waals surface area (Å²) in [4.78, 5) is 34.1. The van der Waals surface area contributed by atoms with Gasteiger partial charge < -0.3 is 10.1 Å². The van der Waals surface area contributed by atoms with Crippen LogP contribution < -0.4 is 0 Å². The van der Waals surface area contributed by atoms with E-state index in [0.29, 0.717) is 23.6 Å². The molecule has 0 aromatic carbocycles. The van der Waals surface area contributed by atoms with E-state index in [2.05, 4.69) is 29.8 Å². The third kappa shape index (κ3) is 3.31. The van der Waals surface area contributed by atoms with Crippen molar-refractivity contribution in [3.05, 3.63) is 58.7 Å². The van der Waals surface area contributed by atoms with Gasteiger partial charge in [-0.3, -0.25) is 4.90 Å². The van der Waals surface area contributed by atoms with E-state index in [1.54, 1.807) is 19.3 Å². The van der Waals surface area contributed by atoms with E-state index in [0.717, 1.165) is 47.6 Å². The number of aromatic amines is 1. The highest BCUT2D eigenvalue weighted by atomic mass is 16.4. The molecule has 8 heteroatoms. The number of hydrogen-bond donors (Lipinski definition) is 2. The monoisotopic (exact) mass is 364 g/mol. The summed E-state index contributed by atoms with van der Waals surface area (Å²) < 4.78 is 0. The summed E-state index contributed by atoms with van der Waals surface area (Å²) in [5.41, 5.74) is 5.79. The van der Waals surface area contributed by atoms with Gasteiger partial charge in [0.2, 0.25) is 0 Å². The molecule has 0 amide bonds. The summed E-state index contributed by atoms with van der Waals surface area (Å²) in [5.74, 6) is -0.243. The molecule has 4 heterocycles. The molecule has 0 aliphatic carbocycles. The molecule has 0 bridgehead atoms. The number of aryl methyl sites for hydroxylation is 1. The van der Waals surface area contributed by atoms with Crippen LogP contribution in [0.2, 0.25) is 0 Å². The van der Waals surface area contributed by atoms with Crippen LogP contribution in [0.15, 0.2) is 24.9 Å². The maximum Gasteiger partial charge on any atom is 0.337 e. The average Bonchev–Trinajstić information content (AvgIpc) is 2.95. The highest BCUT2D eigenvalue weighted by Crippen LogP contribution is 2.24. The lowest BCUT2D eigenvalue weighted by molar-refractivity contribution is 0.0695. The predicted molar refractivity (Wildman–Crippen MR) is 98.1 cm³/mol. The minimum Gasteiger partial charge on any atom is -0.478 e. The van der Waals surface area contributed by atoms with Crippen LogP contribution in [0.5, 0.6) is 0 Å². The lowest BCUT2D eigenvalue weighted by Gasteiger charge is -2.28. The van der Waals surface area contributed by atoms with Gasteiger partial charge in [-0.2, -0.15) is 0 Å². The largest absolute Gasteiger partial charge is 0.478 e. The van der Waals surface area contributed by atoms with Crippen LogP contribution in [0.25, 0.3) is 11.4 Å². The number of carbonyl (C=O) groups is 1. The van der Waals surface area contributed by atoms with E-state index in [1.165, 1.54) is 6.33 Å². The molecule has 0 atom stereocenters. The van der Waals surface area contributed by atoms with Crippen LogP contribution in [-0.2, 0) is 19.5 Å². The molecule has 0 spiro atoms. The van der Waals surface area contributed by atoms with Crippen LogP contribution >= 0.6 is 0 Å². The van der Waals surface area contributed by atoms with Gasteiger partial charge in [0.05, 0.1) is 16.8 Å². The van der Waals surface area contributed by atoms with Crippen LogP contribution in [0.1, 0.15) is 38.6 Å². The fraction of sp³-hybridized carbons (Fsp3) is 0.316. The number of aromatic nitrogens is 5. The molecule has 0 saturated heterocycles. The summed E-state index contributed by atoms with van der Waals surface area (Å²) in [7, 11) is 0. The Hall–Kier alpha value is -3.13. The fourth-order valence-electron chi connectivity index (χ4n) is 3.58. The number of nitrogens with zero attached hydrogens (tertiary/aromatic N) is 5. The van der Waals surface area contributed by atoms with Gasteiger partial charge in [-0.15, -0.1) is 0 Å². The van der Waals surface area contributed by atoms with E-state index < -0.39 is 5.97 Å². The zero-order valence-electron chi connectivity index (χ0n) is 15.2. The van der Waals surface area contributed by atoms with Gasteiger partial charge in [0.1, 0.15) is 6.33 Å². The van der Waals surface area contributed by atoms with E-state index >= 15 is 0 Å². The Morgan fingerprint density at radius 3 is 2.74 bits per heavy atom. The van der Waals surface area contributed by atoms with Gasteiger partial charge in [-0.25, -0.2) is 24.7 Å². The first-order valence-electron chi connectivity index (χ1n) is 8.76. The minimum absolute atomic E-state index is 0.375. The Morgan fingerprint density at radius 2 is 2.04 bits per heavy atom. The second-order valence-corrected chi connectivity index (χ2v) is 6.79. The Kier molecular flexibility index (Phi) is 4.41. The first-order chi connectivity index (χ1) is 13.0. The quantitative estimate of drug-likeness (QED) is 0.730. The van der Waals surface area contributed by atoms with Gasteiger partial charge in [0.15, 0.2) is 5.82 Å². The molecule has 8 nitrogen and oxygen atoms in total. The Bertz CT molecular complexity index is 999. The molecule has 1 aliphatic rings. The van der Waals surface area contributed by atoms with Crippen molar-refractivity contribution in [2.24, 2.45) is 0 Å². The number of nitrogens with one attached hydrogen (secondary N) is 1. The van der Waals surface area contributed by atoms with Crippen LogP contribution in [0.3, 0.4) is 0 Å². The molecule has 0 fully saturated rings. The van der Waals surface area contributed by atoms with Crippen molar-refractivity contribution in [1.29, 1.82) is 0 Å². The summed E-state index contributed by atoms with van der Waals surface area (Å²) in [5, 5.41) is 9.36. The highest BCUT2D eigenvalue weighted by molar-refractivity contribution is 5.91. The van der Waals surface area contributed by atoms with Crippen LogP contribution in [0.4, 0.5) is 0 Å². The maximum absolute atomic E-state index is 11.4. The van der Waals surface area contributed by atoms with Gasteiger partial charge in [0, 0.05) is 61.6 Å². The molecule has 1 aliphatic heterocycles. The van der Waals surface area contributed by atoms with Crippen LogP contribution in [-0.4, -0.2) is 47.4 Å². The first kappa shape index (κ1) is 17.3. The molecule has 0 unspecified atom stereocenters. The Morgan fingerprint density at radius 1 is 1.26 bits per heavy atom. The number of carboxylic acids is 1. The number of fused-ring (bicyclic) bond motifs is 1. The summed E-state index contributed by atoms with van der Waals surface area (Å²) in [6.45, 7) is 5.93. The third-order valence-electron chi connectivity index (χ3n) is 4.97. The topological polar surface area (TPSA) is 108 Å². The Labute approximate surface area is 156 Å². The molecule has 27 heavy (non-hydrogen) atoms. The van der Waals surface area contributed by atoms with Crippen molar-refractivity contribution >= 4 is 5.97 Å². The molecule has 138 valence electrons. The molecule has 4 rings (SSSR count). The predicted octanol–water partition coefficient (Wildman–Crippen LogP) is 2.14. The first-order valence-corrected chi connectivity index (χ1v) is 8.76. The second kappa shape index (κ2) is 6.88. The van der Waals surface area contributed by atoms with E-state index in [9.17, 15) is 9.90 Å². The lowest BCUT2D eigenvalue weighted by atomic mass is 10.1. The molecule has 3 aromatic rings. The number of H-pyrrole nitrogens is 1. The van der Waals surface area contributed by atoms with Crippen molar-refractivity contribution in [3.63, 3.8) is 0 Å². The minimum atomic E-state index is -0.887. The number of aromatic carboxylic acids is 1.